The van der Waals surface area contributed by atoms with Gasteiger partial charge in [0.1, 0.15) is 31.7 Å². The van der Waals surface area contributed by atoms with E-state index in [1.54, 1.807) is 0 Å². The first-order chi connectivity index (χ1) is 9.71. The molecule has 112 valence electrons. The summed E-state index contributed by atoms with van der Waals surface area (Å²) in [6.45, 7) is 0. The maximum absolute atomic E-state index is 13.0. The average Bonchev–Trinajstić information content (AvgIpc) is 2.37. The molecule has 0 aliphatic heterocycles. The molecule has 0 saturated heterocycles. The van der Waals surface area contributed by atoms with Gasteiger partial charge in [-0.15, -0.1) is 0 Å². The highest BCUT2D eigenvalue weighted by Gasteiger charge is 2.14. The minimum Gasteiger partial charge on any atom is -0.428 e. The molecule has 0 saturated carbocycles. The molecule has 0 N–H and O–H groups in total. The summed E-state index contributed by atoms with van der Waals surface area (Å²) in [5, 5.41) is 0. The first-order valence-electron chi connectivity index (χ1n) is 5.46. The second-order valence-corrected chi connectivity index (χ2v) is 7.38. The maximum atomic E-state index is 13.0. The standard InChI is InChI=1S/C12H8F2NO4S2/c13-9-3-1-5-11(7-9)20(16,17)15-21(18,19)12-6-2-4-10(14)8-12/h1-8H/q-1. The van der Waals surface area contributed by atoms with Crippen molar-refractivity contribution in [2.24, 2.45) is 0 Å². The van der Waals surface area contributed by atoms with E-state index in [1.165, 1.54) is 0 Å². The van der Waals surface area contributed by atoms with Gasteiger partial charge in [-0.1, -0.05) is 12.1 Å². The second kappa shape index (κ2) is 5.51. The van der Waals surface area contributed by atoms with Crippen LogP contribution in [0.25, 0.3) is 4.13 Å². The summed E-state index contributed by atoms with van der Waals surface area (Å²) in [4.78, 5) is -1.22. The number of rotatable bonds is 4. The Balaban J connectivity index is 2.40. The Morgan fingerprint density at radius 2 is 1.10 bits per heavy atom. The summed E-state index contributed by atoms with van der Waals surface area (Å²) in [5.41, 5.74) is 0. The Kier molecular flexibility index (Phi) is 4.08. The van der Waals surface area contributed by atoms with Crippen molar-refractivity contribution in [2.45, 2.75) is 9.79 Å². The Morgan fingerprint density at radius 1 is 0.714 bits per heavy atom. The third-order valence-corrected chi connectivity index (χ3v) is 5.65. The predicted molar refractivity (Wildman–Crippen MR) is 70.5 cm³/mol. The van der Waals surface area contributed by atoms with Crippen LogP contribution < -0.4 is 0 Å². The van der Waals surface area contributed by atoms with Gasteiger partial charge >= 0.3 is 0 Å². The van der Waals surface area contributed by atoms with Crippen molar-refractivity contribution in [3.8, 4) is 0 Å². The molecule has 0 amide bonds. The molecular formula is C12H8F2NO4S2-. The molecule has 0 atom stereocenters. The molecule has 0 radical (unpaired) electrons. The summed E-state index contributed by atoms with van der Waals surface area (Å²) < 4.78 is 76.2. The molecule has 0 aliphatic carbocycles. The Labute approximate surface area is 120 Å². The summed E-state index contributed by atoms with van der Waals surface area (Å²) >= 11 is 0. The SMILES string of the molecule is O=S(=O)([N-]S(=O)(=O)c1cccc(F)c1)c1cccc(F)c1. The fourth-order valence-corrected chi connectivity index (χ4v) is 4.22. The van der Waals surface area contributed by atoms with Crippen LogP contribution in [0.2, 0.25) is 0 Å². The monoisotopic (exact) mass is 332 g/mol. The highest BCUT2D eigenvalue weighted by Crippen LogP contribution is 2.26. The van der Waals surface area contributed by atoms with Crippen molar-refractivity contribution in [3.63, 3.8) is 0 Å². The van der Waals surface area contributed by atoms with Crippen LogP contribution in [-0.4, -0.2) is 16.8 Å². The lowest BCUT2D eigenvalue weighted by molar-refractivity contribution is 0.589. The van der Waals surface area contributed by atoms with Crippen LogP contribution in [0.15, 0.2) is 58.3 Å². The quantitative estimate of drug-likeness (QED) is 0.861. The van der Waals surface area contributed by atoms with Gasteiger partial charge in [0.05, 0.1) is 9.79 Å². The summed E-state index contributed by atoms with van der Waals surface area (Å²) in [6, 6.07) is 7.49. The molecule has 0 bridgehead atoms. The zero-order valence-corrected chi connectivity index (χ0v) is 11.9. The Morgan fingerprint density at radius 3 is 1.43 bits per heavy atom. The van der Waals surface area contributed by atoms with E-state index < -0.39 is 41.5 Å². The minimum atomic E-state index is -4.63. The van der Waals surface area contributed by atoms with Crippen molar-refractivity contribution < 1.29 is 25.6 Å². The zero-order valence-electron chi connectivity index (χ0n) is 10.3. The van der Waals surface area contributed by atoms with Crippen LogP contribution in [-0.2, 0) is 20.0 Å². The third kappa shape index (κ3) is 3.63. The van der Waals surface area contributed by atoms with Crippen LogP contribution in [0.1, 0.15) is 0 Å². The van der Waals surface area contributed by atoms with Crippen LogP contribution in [0.5, 0.6) is 0 Å². The lowest BCUT2D eigenvalue weighted by Gasteiger charge is -2.20. The predicted octanol–water partition coefficient (Wildman–Crippen LogP) is 2.42. The second-order valence-electron chi connectivity index (χ2n) is 3.94. The van der Waals surface area contributed by atoms with Crippen LogP contribution in [0.4, 0.5) is 8.78 Å². The van der Waals surface area contributed by atoms with Gasteiger partial charge in [-0.3, -0.25) is 0 Å². The van der Waals surface area contributed by atoms with Crippen molar-refractivity contribution in [2.75, 3.05) is 0 Å². The van der Waals surface area contributed by atoms with E-state index in [9.17, 15) is 25.6 Å². The number of hydrogen-bond acceptors (Lipinski definition) is 4. The molecule has 2 rings (SSSR count). The molecule has 0 spiro atoms. The third-order valence-electron chi connectivity index (χ3n) is 2.38. The van der Waals surface area contributed by atoms with Crippen LogP contribution in [0, 0.1) is 11.6 Å². The number of halogens is 2. The highest BCUT2D eigenvalue weighted by molar-refractivity contribution is 8.12. The van der Waals surface area contributed by atoms with Crippen LogP contribution >= 0.6 is 0 Å². The normalized spacial score (nSPS) is 12.3. The lowest BCUT2D eigenvalue weighted by Crippen LogP contribution is -2.08. The fourth-order valence-electron chi connectivity index (χ4n) is 1.47. The van der Waals surface area contributed by atoms with E-state index in [2.05, 4.69) is 4.13 Å². The average molecular weight is 332 g/mol. The van der Waals surface area contributed by atoms with E-state index in [1.807, 2.05) is 0 Å². The van der Waals surface area contributed by atoms with Gasteiger partial charge in [0.25, 0.3) is 0 Å². The molecule has 5 nitrogen and oxygen atoms in total. The van der Waals surface area contributed by atoms with Crippen LogP contribution in [0.3, 0.4) is 0 Å². The van der Waals surface area contributed by atoms with Gasteiger partial charge < -0.3 is 4.13 Å². The van der Waals surface area contributed by atoms with Crippen molar-refractivity contribution in [3.05, 3.63) is 64.3 Å². The van der Waals surface area contributed by atoms with Gasteiger partial charge in [0, 0.05) is 0 Å². The summed E-state index contributed by atoms with van der Waals surface area (Å²) in [6.07, 6.45) is 0. The van der Waals surface area contributed by atoms with Gasteiger partial charge in [-0.05, 0) is 36.4 Å². The first kappa shape index (κ1) is 15.5. The molecule has 0 heterocycles. The van der Waals surface area contributed by atoms with E-state index in [4.69, 9.17) is 0 Å². The molecule has 9 heteroatoms. The smallest absolute Gasteiger partial charge is 0.124 e. The fraction of sp³-hybridized carbons (Fsp3) is 0. The van der Waals surface area contributed by atoms with Gasteiger partial charge in [0.2, 0.25) is 0 Å². The van der Waals surface area contributed by atoms with Gasteiger partial charge in [-0.2, -0.15) is 0 Å². The van der Waals surface area contributed by atoms with E-state index in [0.29, 0.717) is 12.1 Å². The van der Waals surface area contributed by atoms with E-state index in [-0.39, 0.29) is 0 Å². The van der Waals surface area contributed by atoms with E-state index in [0.717, 1.165) is 36.4 Å². The van der Waals surface area contributed by atoms with E-state index >= 15 is 0 Å². The molecule has 2 aromatic rings. The number of sulfonamides is 2. The molecule has 2 aromatic carbocycles. The topological polar surface area (TPSA) is 82.4 Å². The van der Waals surface area contributed by atoms with Crippen molar-refractivity contribution in [1.29, 1.82) is 0 Å². The maximum Gasteiger partial charge on any atom is 0.124 e. The minimum absolute atomic E-state index is 0.609. The Hall–Kier alpha value is -1.84. The number of benzene rings is 2. The van der Waals surface area contributed by atoms with Crippen molar-refractivity contribution in [1.82, 2.24) is 0 Å². The highest BCUT2D eigenvalue weighted by atomic mass is 32.3. The lowest BCUT2D eigenvalue weighted by atomic mass is 10.4. The largest absolute Gasteiger partial charge is 0.428 e. The number of nitrogens with zero attached hydrogens (tertiary/aromatic N) is 1. The number of hydrogen-bond donors (Lipinski definition) is 0. The molecule has 0 unspecified atom stereocenters. The molecular weight excluding hydrogens is 324 g/mol. The zero-order chi connectivity index (χ0) is 15.7. The summed E-state index contributed by atoms with van der Waals surface area (Å²) in [5.74, 6) is -1.70. The van der Waals surface area contributed by atoms with Gasteiger partial charge in [-0.25, -0.2) is 25.6 Å². The molecule has 0 aromatic heterocycles. The summed E-state index contributed by atoms with van der Waals surface area (Å²) in [7, 11) is -9.25. The molecule has 0 fully saturated rings. The van der Waals surface area contributed by atoms with Gasteiger partial charge in [0.15, 0.2) is 0 Å². The Bertz CT molecular complexity index is 806. The molecule has 0 aliphatic rings. The first-order valence-corrected chi connectivity index (χ1v) is 8.34. The van der Waals surface area contributed by atoms with Crippen molar-refractivity contribution >= 4 is 20.0 Å². The molecule has 21 heavy (non-hydrogen) atoms.